The Morgan fingerprint density at radius 2 is 1.69 bits per heavy atom. The van der Waals surface area contributed by atoms with Crippen molar-refractivity contribution in [2.45, 2.75) is 106 Å². The maximum absolute atomic E-state index is 13.7. The van der Waals surface area contributed by atoms with Crippen LogP contribution in [0.4, 0.5) is 4.39 Å². The summed E-state index contributed by atoms with van der Waals surface area (Å²) in [5, 5.41) is 2.75. The fourth-order valence-corrected chi connectivity index (χ4v) is 6.49. The van der Waals surface area contributed by atoms with Gasteiger partial charge in [-0.25, -0.2) is 4.39 Å². The van der Waals surface area contributed by atoms with E-state index in [9.17, 15) is 18.8 Å². The van der Waals surface area contributed by atoms with Gasteiger partial charge in [0.15, 0.2) is 0 Å². The van der Waals surface area contributed by atoms with Crippen LogP contribution in [0.2, 0.25) is 0 Å². The lowest BCUT2D eigenvalue weighted by Gasteiger charge is -2.42. The second kappa shape index (κ2) is 12.4. The van der Waals surface area contributed by atoms with Gasteiger partial charge >= 0.3 is 0 Å². The molecule has 4 fully saturated rings. The maximum Gasteiger partial charge on any atom is 0.246 e. The van der Waals surface area contributed by atoms with E-state index in [1.807, 2.05) is 4.90 Å². The molecule has 1 N–H and O–H groups in total. The zero-order chi connectivity index (χ0) is 24.9. The Hall–Kier alpha value is -1.12. The molecule has 3 saturated carbocycles. The van der Waals surface area contributed by atoms with Crippen molar-refractivity contribution in [2.75, 3.05) is 26.2 Å². The molecule has 3 unspecified atom stereocenters. The molecule has 1 aliphatic heterocycles. The Balaban J connectivity index is 1.14. The summed E-state index contributed by atoms with van der Waals surface area (Å²) < 4.78 is 19.3. The van der Waals surface area contributed by atoms with Gasteiger partial charge in [-0.1, -0.05) is 0 Å². The molecule has 10 heteroatoms. The summed E-state index contributed by atoms with van der Waals surface area (Å²) in [4.78, 5) is 41.8. The molecule has 3 atom stereocenters. The van der Waals surface area contributed by atoms with Gasteiger partial charge in [-0.3, -0.25) is 14.4 Å². The van der Waals surface area contributed by atoms with Crippen molar-refractivity contribution in [1.29, 1.82) is 0 Å². The van der Waals surface area contributed by atoms with Gasteiger partial charge in [-0.15, -0.1) is 23.2 Å². The van der Waals surface area contributed by atoms with Crippen molar-refractivity contribution >= 4 is 40.9 Å². The molecule has 1 saturated heterocycles. The normalized spacial score (nSPS) is 36.7. The zero-order valence-corrected chi connectivity index (χ0v) is 21.8. The molecule has 7 nitrogen and oxygen atoms in total. The van der Waals surface area contributed by atoms with E-state index in [4.69, 9.17) is 27.9 Å². The highest BCUT2D eigenvalue weighted by molar-refractivity contribution is 6.21. The molecular weight excluding hydrogens is 496 g/mol. The van der Waals surface area contributed by atoms with Crippen LogP contribution in [0.5, 0.6) is 0 Å². The quantitative estimate of drug-likeness (QED) is 0.530. The number of halogens is 3. The predicted octanol–water partition coefficient (Wildman–Crippen LogP) is 3.40. The highest BCUT2D eigenvalue weighted by Crippen LogP contribution is 2.30. The van der Waals surface area contributed by atoms with Crippen molar-refractivity contribution < 1.29 is 23.5 Å². The number of nitrogens with one attached hydrogen (secondary N) is 1. The third-order valence-corrected chi connectivity index (χ3v) is 9.10. The number of amides is 3. The van der Waals surface area contributed by atoms with Crippen LogP contribution in [0.3, 0.4) is 0 Å². The van der Waals surface area contributed by atoms with Crippen LogP contribution >= 0.6 is 23.2 Å². The molecule has 1 heterocycles. The molecule has 35 heavy (non-hydrogen) atoms. The molecule has 0 aromatic heterocycles. The first-order valence-electron chi connectivity index (χ1n) is 13.2. The van der Waals surface area contributed by atoms with Gasteiger partial charge in [0, 0.05) is 42.9 Å². The van der Waals surface area contributed by atoms with Gasteiger partial charge in [0.1, 0.15) is 12.8 Å². The van der Waals surface area contributed by atoms with Crippen LogP contribution in [-0.4, -0.2) is 88.9 Å². The van der Waals surface area contributed by atoms with Crippen molar-refractivity contribution in [3.63, 3.8) is 0 Å². The summed E-state index contributed by atoms with van der Waals surface area (Å²) in [7, 11) is 0. The number of carbonyl (C=O) groups is 3. The second-order valence-electron chi connectivity index (χ2n) is 10.6. The van der Waals surface area contributed by atoms with Crippen LogP contribution in [0.15, 0.2) is 0 Å². The first-order chi connectivity index (χ1) is 16.8. The van der Waals surface area contributed by atoms with E-state index in [1.54, 1.807) is 4.90 Å². The summed E-state index contributed by atoms with van der Waals surface area (Å²) in [6.07, 6.45) is 6.72. The van der Waals surface area contributed by atoms with E-state index in [1.165, 1.54) is 0 Å². The van der Waals surface area contributed by atoms with Crippen LogP contribution < -0.4 is 5.32 Å². The standard InChI is InChI=1S/C25H38Cl2FN3O4/c26-17-3-7-19(8-4-17)31-12-11-30(14-24(31)33)25(34)16-1-5-18(6-2-16)29-23(32)15-35-20-9-10-21(27)22(28)13-20/h16-22H,1-15H2,(H,29,32). The molecule has 4 rings (SSSR count). The number of ether oxygens (including phenoxy) is 1. The fraction of sp³-hybridized carbons (Fsp3) is 0.880. The lowest BCUT2D eigenvalue weighted by atomic mass is 9.85. The molecule has 0 aromatic rings. The van der Waals surface area contributed by atoms with E-state index < -0.39 is 11.5 Å². The molecule has 3 aliphatic carbocycles. The summed E-state index contributed by atoms with van der Waals surface area (Å²) in [5.41, 5.74) is 0. The molecule has 0 radical (unpaired) electrons. The number of nitrogens with zero attached hydrogens (tertiary/aromatic N) is 2. The highest BCUT2D eigenvalue weighted by Gasteiger charge is 2.37. The van der Waals surface area contributed by atoms with Gasteiger partial charge < -0.3 is 19.9 Å². The van der Waals surface area contributed by atoms with Gasteiger partial charge in [0.2, 0.25) is 17.7 Å². The maximum atomic E-state index is 13.7. The minimum absolute atomic E-state index is 0.0122. The third-order valence-electron chi connectivity index (χ3n) is 8.17. The van der Waals surface area contributed by atoms with Crippen molar-refractivity contribution in [1.82, 2.24) is 15.1 Å². The largest absolute Gasteiger partial charge is 0.368 e. The van der Waals surface area contributed by atoms with Crippen molar-refractivity contribution in [2.24, 2.45) is 5.92 Å². The molecular formula is C25H38Cl2FN3O4. The minimum atomic E-state index is -1.09. The first-order valence-corrected chi connectivity index (χ1v) is 14.1. The number of alkyl halides is 3. The lowest BCUT2D eigenvalue weighted by molar-refractivity contribution is -0.150. The Morgan fingerprint density at radius 3 is 2.34 bits per heavy atom. The Labute approximate surface area is 217 Å². The monoisotopic (exact) mass is 533 g/mol. The summed E-state index contributed by atoms with van der Waals surface area (Å²) >= 11 is 12.1. The summed E-state index contributed by atoms with van der Waals surface area (Å²) in [6, 6.07) is 0.268. The fourth-order valence-electron chi connectivity index (χ4n) is 6.01. The van der Waals surface area contributed by atoms with Crippen LogP contribution in [-0.2, 0) is 19.1 Å². The third kappa shape index (κ3) is 7.22. The molecule has 0 aromatic carbocycles. The zero-order valence-electron chi connectivity index (χ0n) is 20.3. The lowest BCUT2D eigenvalue weighted by Crippen LogP contribution is -2.57. The predicted molar refractivity (Wildman–Crippen MR) is 132 cm³/mol. The summed E-state index contributed by atoms with van der Waals surface area (Å²) in [5.74, 6) is -0.195. The van der Waals surface area contributed by atoms with Crippen LogP contribution in [0.25, 0.3) is 0 Å². The van der Waals surface area contributed by atoms with E-state index in [-0.39, 0.29) is 66.8 Å². The topological polar surface area (TPSA) is 79.0 Å². The average Bonchev–Trinajstić information content (AvgIpc) is 2.85. The van der Waals surface area contributed by atoms with Crippen molar-refractivity contribution in [3.05, 3.63) is 0 Å². The average molecular weight is 535 g/mol. The van der Waals surface area contributed by atoms with Crippen LogP contribution in [0, 0.1) is 5.92 Å². The number of piperazine rings is 1. The summed E-state index contributed by atoms with van der Waals surface area (Å²) in [6.45, 7) is 1.27. The molecule has 0 spiro atoms. The van der Waals surface area contributed by atoms with E-state index in [2.05, 4.69) is 5.32 Å². The SMILES string of the molecule is O=C(COC1CCC(Cl)C(F)C1)NC1CCC(C(=O)N2CCN(C3CCC(Cl)CC3)C(=O)C2)CC1. The van der Waals surface area contributed by atoms with Crippen molar-refractivity contribution in [3.8, 4) is 0 Å². The second-order valence-corrected chi connectivity index (χ2v) is 11.8. The number of carbonyl (C=O) groups excluding carboxylic acids is 3. The molecule has 0 bridgehead atoms. The van der Waals surface area contributed by atoms with E-state index >= 15 is 0 Å². The molecule has 4 aliphatic rings. The van der Waals surface area contributed by atoms with Gasteiger partial charge in [-0.05, 0) is 64.2 Å². The van der Waals surface area contributed by atoms with E-state index in [0.29, 0.717) is 38.8 Å². The van der Waals surface area contributed by atoms with Gasteiger partial charge in [0.05, 0.1) is 18.0 Å². The molecule has 198 valence electrons. The Kier molecular flexibility index (Phi) is 9.55. The first kappa shape index (κ1) is 26.9. The highest BCUT2D eigenvalue weighted by atomic mass is 35.5. The molecule has 3 amide bonds. The Morgan fingerprint density at radius 1 is 0.971 bits per heavy atom. The Bertz CT molecular complexity index is 759. The number of hydrogen-bond donors (Lipinski definition) is 1. The van der Waals surface area contributed by atoms with Gasteiger partial charge in [0.25, 0.3) is 0 Å². The van der Waals surface area contributed by atoms with Crippen LogP contribution in [0.1, 0.15) is 70.6 Å². The smallest absolute Gasteiger partial charge is 0.246 e. The van der Waals surface area contributed by atoms with Gasteiger partial charge in [-0.2, -0.15) is 0 Å². The number of rotatable bonds is 6. The van der Waals surface area contributed by atoms with E-state index in [0.717, 1.165) is 38.5 Å². The number of hydrogen-bond acceptors (Lipinski definition) is 4. The minimum Gasteiger partial charge on any atom is -0.368 e.